The smallest absolute Gasteiger partial charge is 0.229 e. The van der Waals surface area contributed by atoms with Gasteiger partial charge in [-0.3, -0.25) is 0 Å². The van der Waals surface area contributed by atoms with Crippen molar-refractivity contribution in [2.24, 2.45) is 0 Å². The fraction of sp³-hybridized carbons (Fsp3) is 0.368. The minimum Gasteiger partial charge on any atom is -0.462 e. The molecule has 2 heterocycles. The molecular weight excluding hydrogens is 324 g/mol. The van der Waals surface area contributed by atoms with Gasteiger partial charge in [0.25, 0.3) is 0 Å². The van der Waals surface area contributed by atoms with E-state index < -0.39 is 37.0 Å². The quantitative estimate of drug-likeness (QED) is 0.881. The van der Waals surface area contributed by atoms with Gasteiger partial charge in [-0.25, -0.2) is 0 Å². The van der Waals surface area contributed by atoms with Crippen LogP contribution in [0.1, 0.15) is 11.9 Å². The SMILES string of the molecule is O[C@@H]1[C@@H](O)[C@@H](Oc2ccccc2)O[C@@H]2COC(c3ccccc3)O[C@H]12. The zero-order valence-electron chi connectivity index (χ0n) is 13.5. The third-order valence-corrected chi connectivity index (χ3v) is 4.40. The fourth-order valence-electron chi connectivity index (χ4n) is 3.09. The van der Waals surface area contributed by atoms with Crippen LogP contribution in [-0.4, -0.2) is 47.5 Å². The van der Waals surface area contributed by atoms with Gasteiger partial charge in [-0.1, -0.05) is 48.5 Å². The summed E-state index contributed by atoms with van der Waals surface area (Å²) in [5.74, 6) is 0.553. The molecule has 2 aliphatic rings. The summed E-state index contributed by atoms with van der Waals surface area (Å²) in [7, 11) is 0. The Morgan fingerprint density at radius 1 is 0.840 bits per heavy atom. The molecule has 0 bridgehead atoms. The number of fused-ring (bicyclic) bond motifs is 1. The topological polar surface area (TPSA) is 77.4 Å². The normalized spacial score (nSPS) is 35.0. The van der Waals surface area contributed by atoms with Crippen molar-refractivity contribution in [3.05, 3.63) is 66.2 Å². The Hall–Kier alpha value is -1.96. The predicted molar refractivity (Wildman–Crippen MR) is 87.8 cm³/mol. The molecular formula is C19H20O6. The van der Waals surface area contributed by atoms with Crippen LogP contribution in [0.5, 0.6) is 5.75 Å². The van der Waals surface area contributed by atoms with E-state index in [1.807, 2.05) is 48.5 Å². The Morgan fingerprint density at radius 2 is 1.52 bits per heavy atom. The van der Waals surface area contributed by atoms with Gasteiger partial charge in [0.1, 0.15) is 30.2 Å². The molecule has 132 valence electrons. The van der Waals surface area contributed by atoms with Gasteiger partial charge in [0, 0.05) is 5.56 Å². The highest BCUT2D eigenvalue weighted by atomic mass is 16.8. The van der Waals surface area contributed by atoms with Crippen molar-refractivity contribution >= 4 is 0 Å². The van der Waals surface area contributed by atoms with Gasteiger partial charge in [0.2, 0.25) is 6.29 Å². The second kappa shape index (κ2) is 7.11. The zero-order valence-corrected chi connectivity index (χ0v) is 13.5. The summed E-state index contributed by atoms with van der Waals surface area (Å²) < 4.78 is 23.0. The molecule has 2 N–H and O–H groups in total. The Balaban J connectivity index is 1.46. The third kappa shape index (κ3) is 3.40. The van der Waals surface area contributed by atoms with Gasteiger partial charge in [0.15, 0.2) is 6.29 Å². The van der Waals surface area contributed by atoms with Crippen molar-refractivity contribution < 1.29 is 29.2 Å². The monoisotopic (exact) mass is 344 g/mol. The molecule has 2 aromatic carbocycles. The van der Waals surface area contributed by atoms with Crippen molar-refractivity contribution in [1.29, 1.82) is 0 Å². The molecule has 6 nitrogen and oxygen atoms in total. The van der Waals surface area contributed by atoms with Gasteiger partial charge < -0.3 is 29.2 Å². The van der Waals surface area contributed by atoms with Crippen LogP contribution in [-0.2, 0) is 14.2 Å². The van der Waals surface area contributed by atoms with E-state index in [-0.39, 0.29) is 6.61 Å². The van der Waals surface area contributed by atoms with E-state index in [1.54, 1.807) is 12.1 Å². The van der Waals surface area contributed by atoms with Crippen molar-refractivity contribution in [3.8, 4) is 5.75 Å². The number of hydrogen-bond acceptors (Lipinski definition) is 6. The lowest BCUT2D eigenvalue weighted by Crippen LogP contribution is -2.62. The molecule has 6 heteroatoms. The first-order valence-electron chi connectivity index (χ1n) is 8.28. The molecule has 6 atom stereocenters. The minimum absolute atomic E-state index is 0.239. The Morgan fingerprint density at radius 3 is 2.24 bits per heavy atom. The van der Waals surface area contributed by atoms with Crippen LogP contribution in [0.4, 0.5) is 0 Å². The number of aliphatic hydroxyl groups excluding tert-OH is 2. The summed E-state index contributed by atoms with van der Waals surface area (Å²) in [6, 6.07) is 18.5. The van der Waals surface area contributed by atoms with Crippen molar-refractivity contribution in [3.63, 3.8) is 0 Å². The van der Waals surface area contributed by atoms with Gasteiger partial charge in [-0.05, 0) is 12.1 Å². The highest BCUT2D eigenvalue weighted by molar-refractivity contribution is 5.21. The molecule has 0 amide bonds. The first kappa shape index (κ1) is 16.5. The molecule has 2 aromatic rings. The van der Waals surface area contributed by atoms with Crippen LogP contribution < -0.4 is 4.74 Å². The van der Waals surface area contributed by atoms with Gasteiger partial charge in [-0.2, -0.15) is 0 Å². The number of para-hydroxylation sites is 1. The summed E-state index contributed by atoms with van der Waals surface area (Å²) in [6.45, 7) is 0.239. The average Bonchev–Trinajstić information content (AvgIpc) is 2.67. The molecule has 0 aliphatic carbocycles. The largest absolute Gasteiger partial charge is 0.462 e. The minimum atomic E-state index is -1.23. The first-order chi connectivity index (χ1) is 12.2. The van der Waals surface area contributed by atoms with E-state index in [0.717, 1.165) is 5.56 Å². The zero-order chi connectivity index (χ0) is 17.2. The molecule has 25 heavy (non-hydrogen) atoms. The van der Waals surface area contributed by atoms with E-state index >= 15 is 0 Å². The summed E-state index contributed by atoms with van der Waals surface area (Å²) in [4.78, 5) is 0. The standard InChI is InChI=1S/C19H20O6/c20-15-16(21)19(23-13-9-5-2-6-10-13)24-14-11-22-18(25-17(14)15)12-7-3-1-4-8-12/h1-10,14-21H,11H2/t14-,15-,16-,17+,18?,19+/m1/s1. The van der Waals surface area contributed by atoms with Crippen LogP contribution >= 0.6 is 0 Å². The summed E-state index contributed by atoms with van der Waals surface area (Å²) >= 11 is 0. The number of rotatable bonds is 3. The molecule has 0 saturated carbocycles. The van der Waals surface area contributed by atoms with Crippen molar-refractivity contribution in [1.82, 2.24) is 0 Å². The molecule has 2 saturated heterocycles. The van der Waals surface area contributed by atoms with Gasteiger partial charge in [-0.15, -0.1) is 0 Å². The fourth-order valence-corrected chi connectivity index (χ4v) is 3.09. The van der Waals surface area contributed by atoms with Crippen LogP contribution in [0.25, 0.3) is 0 Å². The lowest BCUT2D eigenvalue weighted by Gasteiger charge is -2.46. The van der Waals surface area contributed by atoms with E-state index in [0.29, 0.717) is 5.75 Å². The average molecular weight is 344 g/mol. The maximum absolute atomic E-state index is 10.5. The number of hydrogen-bond donors (Lipinski definition) is 2. The van der Waals surface area contributed by atoms with Gasteiger partial charge >= 0.3 is 0 Å². The number of benzene rings is 2. The molecule has 0 aromatic heterocycles. The molecule has 1 unspecified atom stereocenters. The Kier molecular flexibility index (Phi) is 4.70. The van der Waals surface area contributed by atoms with E-state index in [9.17, 15) is 10.2 Å². The maximum Gasteiger partial charge on any atom is 0.229 e. The predicted octanol–water partition coefficient (Wildman–Crippen LogP) is 1.63. The Bertz CT molecular complexity index is 677. The van der Waals surface area contributed by atoms with E-state index in [1.165, 1.54) is 0 Å². The van der Waals surface area contributed by atoms with Crippen LogP contribution in [0.2, 0.25) is 0 Å². The van der Waals surface area contributed by atoms with E-state index in [4.69, 9.17) is 18.9 Å². The highest BCUT2D eigenvalue weighted by Gasteiger charge is 2.49. The molecule has 4 rings (SSSR count). The van der Waals surface area contributed by atoms with Crippen molar-refractivity contribution in [2.45, 2.75) is 37.0 Å². The second-order valence-corrected chi connectivity index (χ2v) is 6.13. The molecule has 2 aliphatic heterocycles. The Labute approximate surface area is 145 Å². The number of ether oxygens (including phenoxy) is 4. The highest BCUT2D eigenvalue weighted by Crippen LogP contribution is 2.34. The molecule has 0 spiro atoms. The molecule has 2 fully saturated rings. The van der Waals surface area contributed by atoms with Crippen LogP contribution in [0.3, 0.4) is 0 Å². The van der Waals surface area contributed by atoms with Crippen LogP contribution in [0.15, 0.2) is 60.7 Å². The first-order valence-corrected chi connectivity index (χ1v) is 8.28. The van der Waals surface area contributed by atoms with Crippen LogP contribution in [0, 0.1) is 0 Å². The third-order valence-electron chi connectivity index (χ3n) is 4.40. The maximum atomic E-state index is 10.5. The lowest BCUT2D eigenvalue weighted by atomic mass is 9.98. The van der Waals surface area contributed by atoms with E-state index in [2.05, 4.69) is 0 Å². The lowest BCUT2D eigenvalue weighted by molar-refractivity contribution is -0.350. The van der Waals surface area contributed by atoms with Crippen molar-refractivity contribution in [2.75, 3.05) is 6.61 Å². The number of aliphatic hydroxyl groups is 2. The summed E-state index contributed by atoms with van der Waals surface area (Å²) in [5.41, 5.74) is 0.852. The van der Waals surface area contributed by atoms with Gasteiger partial charge in [0.05, 0.1) is 6.61 Å². The summed E-state index contributed by atoms with van der Waals surface area (Å²) in [6.07, 6.45) is -5.16. The summed E-state index contributed by atoms with van der Waals surface area (Å²) in [5, 5.41) is 20.9. The molecule has 0 radical (unpaired) electrons. The second-order valence-electron chi connectivity index (χ2n) is 6.13.